The molecule has 15 rings (SSSR count). The second-order valence-corrected chi connectivity index (χ2v) is 29.9. The Labute approximate surface area is 665 Å². The predicted octanol–water partition coefficient (Wildman–Crippen LogP) is 16.9. The van der Waals surface area contributed by atoms with Crippen molar-refractivity contribution in [2.45, 2.75) is 173 Å². The van der Waals surface area contributed by atoms with Crippen LogP contribution in [0.25, 0.3) is 10.9 Å². The van der Waals surface area contributed by atoms with Crippen LogP contribution in [0.15, 0.2) is 237 Å². The van der Waals surface area contributed by atoms with Crippen molar-refractivity contribution in [2.75, 3.05) is 29.6 Å². The maximum atomic E-state index is 12.6. The van der Waals surface area contributed by atoms with Crippen LogP contribution in [0.5, 0.6) is 28.7 Å². The maximum absolute atomic E-state index is 12.6. The minimum absolute atomic E-state index is 0.00550. The van der Waals surface area contributed by atoms with Gasteiger partial charge in [0.1, 0.15) is 66.4 Å². The van der Waals surface area contributed by atoms with E-state index in [-0.39, 0.29) is 62.3 Å². The number of aliphatic hydroxyl groups excluding tert-OH is 1. The van der Waals surface area contributed by atoms with E-state index in [0.29, 0.717) is 65.8 Å². The fourth-order valence-electron chi connectivity index (χ4n) is 15.9. The van der Waals surface area contributed by atoms with Gasteiger partial charge in [-0.1, -0.05) is 204 Å². The van der Waals surface area contributed by atoms with Crippen LogP contribution in [-0.4, -0.2) is 109 Å². The summed E-state index contributed by atoms with van der Waals surface area (Å²) < 4.78 is 37.7. The summed E-state index contributed by atoms with van der Waals surface area (Å²) in [7, 11) is 0. The van der Waals surface area contributed by atoms with Gasteiger partial charge < -0.3 is 78.5 Å². The molecule has 1 aromatic heterocycles. The van der Waals surface area contributed by atoms with Crippen molar-refractivity contribution in [3.05, 3.63) is 315 Å². The summed E-state index contributed by atoms with van der Waals surface area (Å²) in [4.78, 5) is 41.2. The van der Waals surface area contributed by atoms with E-state index in [1.165, 1.54) is 5.56 Å². The molecular formula is C95H101N3O16. The molecule has 0 unspecified atom stereocenters. The maximum Gasteiger partial charge on any atom is 0.338 e. The Morgan fingerprint density at radius 2 is 0.895 bits per heavy atom. The number of unbranched alkanes of at least 4 members (excludes halogenated alkanes) is 3. The molecule has 592 valence electrons. The first-order chi connectivity index (χ1) is 55.4. The zero-order valence-electron chi connectivity index (χ0n) is 65.0. The first-order valence-corrected chi connectivity index (χ1v) is 39.6. The minimum Gasteiger partial charge on any atom is -0.507 e. The van der Waals surface area contributed by atoms with Gasteiger partial charge in [-0.15, -0.1) is 0 Å². The van der Waals surface area contributed by atoms with Crippen LogP contribution in [0.4, 0.5) is 11.4 Å². The van der Waals surface area contributed by atoms with Gasteiger partial charge in [0.15, 0.2) is 12.5 Å². The number of benzene rings is 10. The van der Waals surface area contributed by atoms with Crippen molar-refractivity contribution in [3.63, 3.8) is 0 Å². The number of rotatable bonds is 29. The van der Waals surface area contributed by atoms with Gasteiger partial charge in [-0.25, -0.2) is 14.4 Å². The number of aromatic nitrogens is 1. The Bertz CT molecular complexity index is 5100. The molecule has 0 aliphatic carbocycles. The van der Waals surface area contributed by atoms with Crippen LogP contribution in [0.3, 0.4) is 0 Å². The van der Waals surface area contributed by atoms with E-state index in [0.717, 1.165) is 118 Å². The highest BCUT2D eigenvalue weighted by atomic mass is 16.6. The van der Waals surface area contributed by atoms with E-state index in [4.69, 9.17) is 28.4 Å². The summed E-state index contributed by atoms with van der Waals surface area (Å²) in [6.07, 6.45) is 8.07. The molecule has 11 aromatic rings. The van der Waals surface area contributed by atoms with Crippen molar-refractivity contribution in [1.82, 2.24) is 4.57 Å². The second-order valence-electron chi connectivity index (χ2n) is 29.9. The monoisotopic (exact) mass is 1540 g/mol. The summed E-state index contributed by atoms with van der Waals surface area (Å²) in [6.45, 7) is 9.89. The molecule has 0 amide bonds. The number of carbonyl (C=O) groups excluding carboxylic acids is 3. The molecule has 7 N–H and O–H groups in total. The van der Waals surface area contributed by atoms with Gasteiger partial charge in [0, 0.05) is 71.0 Å². The highest BCUT2D eigenvalue weighted by Crippen LogP contribution is 2.54. The molecule has 0 radical (unpaired) electrons. The molecule has 2 fully saturated rings. The molecule has 2 saturated heterocycles. The predicted molar refractivity (Wildman–Crippen MR) is 438 cm³/mol. The van der Waals surface area contributed by atoms with Gasteiger partial charge in [0.05, 0.1) is 59.2 Å². The number of phenolic OH excluding ortho intramolecular Hbond substituents is 4. The van der Waals surface area contributed by atoms with Crippen LogP contribution < -0.4 is 14.5 Å². The fourth-order valence-corrected chi connectivity index (χ4v) is 15.9. The Morgan fingerprint density at radius 3 is 1.39 bits per heavy atom. The third-order valence-corrected chi connectivity index (χ3v) is 21.9. The minimum atomic E-state index is -1.31. The van der Waals surface area contributed by atoms with Crippen LogP contribution in [0.1, 0.15) is 164 Å². The molecular weight excluding hydrogens is 1440 g/mol. The fraction of sp³-hybridized carbons (Fsp3) is 0.316. The van der Waals surface area contributed by atoms with Crippen molar-refractivity contribution >= 4 is 40.2 Å². The van der Waals surface area contributed by atoms with Gasteiger partial charge in [0.25, 0.3) is 0 Å². The number of ether oxygens (including phenoxy) is 6. The number of fused-ring (bicyclic) bond motifs is 7. The zero-order valence-corrected chi connectivity index (χ0v) is 65.0. The number of phenols is 4. The lowest BCUT2D eigenvalue weighted by Gasteiger charge is -2.31. The van der Waals surface area contributed by atoms with Crippen molar-refractivity contribution in [1.29, 1.82) is 0 Å². The van der Waals surface area contributed by atoms with Crippen LogP contribution in [0, 0.1) is 6.92 Å². The third-order valence-electron chi connectivity index (χ3n) is 21.9. The number of esters is 3. The van der Waals surface area contributed by atoms with Gasteiger partial charge in [-0.05, 0) is 146 Å². The Kier molecular flexibility index (Phi) is 26.2. The van der Waals surface area contributed by atoms with E-state index >= 15 is 0 Å². The zero-order chi connectivity index (χ0) is 79.9. The third kappa shape index (κ3) is 18.1. The molecule has 0 saturated carbocycles. The van der Waals surface area contributed by atoms with Gasteiger partial charge in [-0.3, -0.25) is 0 Å². The van der Waals surface area contributed by atoms with Gasteiger partial charge in [0.2, 0.25) is 0 Å². The smallest absolute Gasteiger partial charge is 0.338 e. The number of hydrogen-bond acceptors (Lipinski definition) is 18. The van der Waals surface area contributed by atoms with E-state index in [2.05, 4.69) is 56.9 Å². The molecule has 114 heavy (non-hydrogen) atoms. The molecule has 19 heteroatoms. The standard InChI is InChI=1S/C37H39NO5.C29H31NO6.C29H31NO5/c1-3-4-15-28-21-20-26(2)31(34(28)41-24-27-13-7-5-8-14-27)23-38-33-19-12-11-18-32(33)37(40)22-30(43-36(37)38)25-42-35(39)29-16-9-6-10-17-29;1-2-3-9-19-14-15-25(31)22(26(19)32)17-30-24-13-8-7-12-23(24)29(34)16-21(36-28(29)30)18-35-27(33)20-10-5-4-6-11-20;1-2-3-9-20-14-15-27(32)25(28(20)33)18-30-17-22(24-12-7-8-13-26(24)30)16-23(31)19-35-29(34)21-10-5-4-6-11-21/h5-14,16-21,30,36,40H,3-4,15,22-25H2,1-2H3;4-8,10-15,21,28,31-32,34H,2-3,9,16-18H2,1H3;4-8,10-15,17,23,31-33H,2-3,9,16,18-19H2,1H3/t30-,36-,37+;21-,28-,29+;23-/m000/s1. The molecule has 5 heterocycles. The quantitative estimate of drug-likeness (QED) is 0.0170. The summed E-state index contributed by atoms with van der Waals surface area (Å²) >= 11 is 0. The van der Waals surface area contributed by atoms with E-state index in [1.807, 2.05) is 137 Å². The molecule has 0 bridgehead atoms. The number of aromatic hydroxyl groups is 4. The first kappa shape index (κ1) is 80.6. The second kappa shape index (κ2) is 37.0. The summed E-state index contributed by atoms with van der Waals surface area (Å²) in [5, 5.41) is 78.3. The number of nitrogens with zero attached hydrogens (tertiary/aromatic N) is 3. The van der Waals surface area contributed by atoms with E-state index in [9.17, 15) is 50.1 Å². The number of aryl methyl sites for hydroxylation is 4. The van der Waals surface area contributed by atoms with Crippen molar-refractivity contribution in [3.8, 4) is 28.7 Å². The van der Waals surface area contributed by atoms with Gasteiger partial charge >= 0.3 is 17.9 Å². The molecule has 4 aliphatic heterocycles. The van der Waals surface area contributed by atoms with E-state index in [1.54, 1.807) is 84.9 Å². The van der Waals surface area contributed by atoms with E-state index < -0.39 is 59.9 Å². The summed E-state index contributed by atoms with van der Waals surface area (Å²) in [6, 6.07) is 71.0. The Balaban J connectivity index is 0.000000150. The molecule has 7 atom stereocenters. The van der Waals surface area contributed by atoms with Crippen LogP contribution in [0.2, 0.25) is 0 Å². The molecule has 10 aromatic carbocycles. The van der Waals surface area contributed by atoms with Crippen molar-refractivity contribution in [2.24, 2.45) is 0 Å². The van der Waals surface area contributed by atoms with Crippen LogP contribution in [-0.2, 0) is 86.8 Å². The van der Waals surface area contributed by atoms with Gasteiger partial charge in [-0.2, -0.15) is 0 Å². The number of aliphatic hydroxyl groups is 3. The highest BCUT2D eigenvalue weighted by molar-refractivity contribution is 5.90. The average Bonchev–Trinajstić information content (AvgIpc) is 1.57. The molecule has 4 aliphatic rings. The lowest BCUT2D eigenvalue weighted by Crippen LogP contribution is -2.41. The Hall–Kier alpha value is -11.5. The topological polar surface area (TPSA) is 260 Å². The number of para-hydroxylation sites is 3. The molecule has 0 spiro atoms. The lowest BCUT2D eigenvalue weighted by atomic mass is 9.91. The lowest BCUT2D eigenvalue weighted by molar-refractivity contribution is -0.0511. The first-order valence-electron chi connectivity index (χ1n) is 39.6. The van der Waals surface area contributed by atoms with Crippen LogP contribution >= 0.6 is 0 Å². The normalized spacial score (nSPS) is 18.5. The number of anilines is 2. The number of hydrogen-bond donors (Lipinski definition) is 7. The molecule has 19 nitrogen and oxygen atoms in total. The average molecular weight is 1540 g/mol. The number of carbonyl (C=O) groups is 3. The van der Waals surface area contributed by atoms with Crippen molar-refractivity contribution < 1.29 is 78.6 Å². The Morgan fingerprint density at radius 1 is 0.474 bits per heavy atom. The largest absolute Gasteiger partial charge is 0.507 e. The summed E-state index contributed by atoms with van der Waals surface area (Å²) in [5.41, 5.74) is 11.0. The summed E-state index contributed by atoms with van der Waals surface area (Å²) in [5.74, 6) is -0.155. The SMILES string of the molecule is CCCCc1ccc(C)c(CN2c3ccccc3[C@]3(O)C[C@@H](COC(=O)c4ccccc4)O[C@H]23)c1OCc1ccccc1.CCCCc1ccc(O)c(CN2c3ccccc3[C@]3(O)C[C@@H](COC(=O)c4ccccc4)O[C@H]23)c1O.CCCCc1ccc(O)c(Cn2cc(C[C@H](O)COC(=O)c3ccccc3)c3ccccc32)c1O. The highest BCUT2D eigenvalue weighted by Gasteiger charge is 2.59.